The Bertz CT molecular complexity index is 772. The maximum absolute atomic E-state index is 13.4. The third-order valence-electron chi connectivity index (χ3n) is 3.35. The van der Waals surface area contributed by atoms with E-state index in [9.17, 15) is 9.18 Å². The van der Waals surface area contributed by atoms with Crippen molar-refractivity contribution in [1.82, 2.24) is 10.3 Å². The SMILES string of the molecule is COc1ccc(F)cc1SNc1cnc2c(c1)C(=O)NC(C)CO2. The number of nitrogens with zero attached hydrogens (tertiary/aromatic N) is 1. The minimum absolute atomic E-state index is 0.0889. The van der Waals surface area contributed by atoms with E-state index in [1.807, 2.05) is 6.92 Å². The fraction of sp³-hybridized carbons (Fsp3) is 0.250. The number of amides is 1. The van der Waals surface area contributed by atoms with Crippen molar-refractivity contribution >= 4 is 23.5 Å². The molecule has 0 saturated carbocycles. The Morgan fingerprint density at radius 1 is 1.46 bits per heavy atom. The molecule has 0 fully saturated rings. The maximum Gasteiger partial charge on any atom is 0.257 e. The molecule has 2 N–H and O–H groups in total. The van der Waals surface area contributed by atoms with Crippen LogP contribution in [0.1, 0.15) is 17.3 Å². The standard InChI is InChI=1S/C16H16FN3O3S/c1-9-8-23-16-12(15(21)19-9)6-11(7-18-16)20-24-14-5-10(17)3-4-13(14)22-2/h3-7,9,20H,8H2,1-2H3,(H,19,21). The lowest BCUT2D eigenvalue weighted by atomic mass is 10.2. The summed E-state index contributed by atoms with van der Waals surface area (Å²) in [5.74, 6) is 0.253. The molecule has 0 radical (unpaired) electrons. The minimum Gasteiger partial charge on any atom is -0.496 e. The Balaban J connectivity index is 1.79. The third-order valence-corrected chi connectivity index (χ3v) is 4.22. The first-order chi connectivity index (χ1) is 11.6. The number of pyridine rings is 1. The second kappa shape index (κ2) is 6.96. The Morgan fingerprint density at radius 3 is 3.08 bits per heavy atom. The molecule has 6 nitrogen and oxygen atoms in total. The lowest BCUT2D eigenvalue weighted by Crippen LogP contribution is -2.33. The van der Waals surface area contributed by atoms with Crippen LogP contribution < -0.4 is 19.5 Å². The number of halogens is 1. The lowest BCUT2D eigenvalue weighted by molar-refractivity contribution is 0.0942. The summed E-state index contributed by atoms with van der Waals surface area (Å²) in [6.07, 6.45) is 1.56. The van der Waals surface area contributed by atoms with Gasteiger partial charge in [0.15, 0.2) is 0 Å². The number of ether oxygens (including phenoxy) is 2. The Hall–Kier alpha value is -2.48. The van der Waals surface area contributed by atoms with E-state index >= 15 is 0 Å². The van der Waals surface area contributed by atoms with Gasteiger partial charge in [-0.25, -0.2) is 9.37 Å². The van der Waals surface area contributed by atoms with E-state index in [0.717, 1.165) is 0 Å². The second-order valence-electron chi connectivity index (χ2n) is 5.26. The zero-order valence-electron chi connectivity index (χ0n) is 13.1. The van der Waals surface area contributed by atoms with Gasteiger partial charge in [-0.3, -0.25) is 4.79 Å². The van der Waals surface area contributed by atoms with Crippen LogP contribution in [0, 0.1) is 5.82 Å². The average Bonchev–Trinajstić information content (AvgIpc) is 2.71. The van der Waals surface area contributed by atoms with Gasteiger partial charge in [-0.15, -0.1) is 0 Å². The van der Waals surface area contributed by atoms with Gasteiger partial charge >= 0.3 is 0 Å². The van der Waals surface area contributed by atoms with E-state index < -0.39 is 0 Å². The van der Waals surface area contributed by atoms with Gasteiger partial charge in [0.25, 0.3) is 5.91 Å². The molecule has 0 spiro atoms. The largest absolute Gasteiger partial charge is 0.496 e. The topological polar surface area (TPSA) is 72.5 Å². The molecule has 0 aliphatic carbocycles. The maximum atomic E-state index is 13.4. The summed E-state index contributed by atoms with van der Waals surface area (Å²) in [7, 11) is 1.52. The van der Waals surface area contributed by atoms with E-state index in [1.165, 1.54) is 31.2 Å². The molecular weight excluding hydrogens is 333 g/mol. The zero-order chi connectivity index (χ0) is 17.1. The predicted octanol–water partition coefficient (Wildman–Crippen LogP) is 2.86. The van der Waals surface area contributed by atoms with Gasteiger partial charge in [0.1, 0.15) is 23.7 Å². The van der Waals surface area contributed by atoms with E-state index in [-0.39, 0.29) is 17.8 Å². The zero-order valence-corrected chi connectivity index (χ0v) is 13.9. The van der Waals surface area contributed by atoms with Crippen molar-refractivity contribution in [3.05, 3.63) is 41.8 Å². The highest BCUT2D eigenvalue weighted by atomic mass is 32.2. The fourth-order valence-electron chi connectivity index (χ4n) is 2.18. The van der Waals surface area contributed by atoms with Crippen LogP contribution >= 0.6 is 11.9 Å². The Morgan fingerprint density at radius 2 is 2.29 bits per heavy atom. The number of fused-ring (bicyclic) bond motifs is 1. The van der Waals surface area contributed by atoms with Crippen molar-refractivity contribution in [2.45, 2.75) is 17.9 Å². The highest BCUT2D eigenvalue weighted by Gasteiger charge is 2.21. The van der Waals surface area contributed by atoms with Crippen LogP contribution in [-0.4, -0.2) is 30.6 Å². The molecule has 1 aliphatic rings. The number of carbonyl (C=O) groups excluding carboxylic acids is 1. The first-order valence-electron chi connectivity index (χ1n) is 7.27. The smallest absolute Gasteiger partial charge is 0.257 e. The number of carbonyl (C=O) groups is 1. The molecule has 1 atom stereocenters. The molecule has 8 heteroatoms. The summed E-state index contributed by atoms with van der Waals surface area (Å²) in [6.45, 7) is 2.22. The highest BCUT2D eigenvalue weighted by Crippen LogP contribution is 2.31. The summed E-state index contributed by atoms with van der Waals surface area (Å²) in [4.78, 5) is 16.9. The summed E-state index contributed by atoms with van der Waals surface area (Å²) < 4.78 is 27.1. The number of anilines is 1. The van der Waals surface area contributed by atoms with Crippen molar-refractivity contribution < 1.29 is 18.7 Å². The molecule has 0 bridgehead atoms. The molecule has 126 valence electrons. The number of aromatic nitrogens is 1. The molecular formula is C16H16FN3O3S. The summed E-state index contributed by atoms with van der Waals surface area (Å²) >= 11 is 1.17. The predicted molar refractivity (Wildman–Crippen MR) is 89.1 cm³/mol. The molecule has 1 amide bonds. The monoisotopic (exact) mass is 349 g/mol. The third kappa shape index (κ3) is 3.53. The number of hydrogen-bond donors (Lipinski definition) is 2. The number of nitrogens with one attached hydrogen (secondary N) is 2. The quantitative estimate of drug-likeness (QED) is 0.827. The van der Waals surface area contributed by atoms with Crippen molar-refractivity contribution in [1.29, 1.82) is 0 Å². The van der Waals surface area contributed by atoms with Gasteiger partial charge in [0.2, 0.25) is 5.88 Å². The Labute approximate surface area is 142 Å². The number of methoxy groups -OCH3 is 1. The van der Waals surface area contributed by atoms with E-state index in [4.69, 9.17) is 9.47 Å². The molecule has 0 saturated heterocycles. The summed E-state index contributed by atoms with van der Waals surface area (Å²) in [5, 5.41) is 2.82. The molecule has 1 aromatic carbocycles. The van der Waals surface area contributed by atoms with E-state index in [0.29, 0.717) is 34.4 Å². The fourth-order valence-corrected chi connectivity index (χ4v) is 2.94. The average molecular weight is 349 g/mol. The second-order valence-corrected chi connectivity index (χ2v) is 6.11. The number of rotatable bonds is 4. The van der Waals surface area contributed by atoms with Crippen LogP contribution in [0.25, 0.3) is 0 Å². The molecule has 2 aromatic rings. The van der Waals surface area contributed by atoms with Crippen molar-refractivity contribution in [2.24, 2.45) is 0 Å². The van der Waals surface area contributed by atoms with Gasteiger partial charge in [-0.05, 0) is 43.1 Å². The Kier molecular flexibility index (Phi) is 4.75. The van der Waals surface area contributed by atoms with Crippen LogP contribution in [-0.2, 0) is 0 Å². The minimum atomic E-state index is -0.359. The van der Waals surface area contributed by atoms with Crippen LogP contribution in [0.15, 0.2) is 35.4 Å². The van der Waals surface area contributed by atoms with Crippen molar-refractivity contribution in [3.8, 4) is 11.6 Å². The van der Waals surface area contributed by atoms with Crippen molar-refractivity contribution in [3.63, 3.8) is 0 Å². The number of benzene rings is 1. The van der Waals surface area contributed by atoms with Crippen molar-refractivity contribution in [2.75, 3.05) is 18.4 Å². The van der Waals surface area contributed by atoms with Gasteiger partial charge < -0.3 is 19.5 Å². The van der Waals surface area contributed by atoms with E-state index in [2.05, 4.69) is 15.0 Å². The van der Waals surface area contributed by atoms with Gasteiger partial charge in [-0.2, -0.15) is 0 Å². The molecule has 1 aromatic heterocycles. The van der Waals surface area contributed by atoms with Gasteiger partial charge in [-0.1, -0.05) is 0 Å². The van der Waals surface area contributed by atoms with Crippen LogP contribution in [0.2, 0.25) is 0 Å². The molecule has 2 heterocycles. The van der Waals surface area contributed by atoms with Crippen LogP contribution in [0.4, 0.5) is 10.1 Å². The van der Waals surface area contributed by atoms with Crippen LogP contribution in [0.5, 0.6) is 11.6 Å². The van der Waals surface area contributed by atoms with Crippen LogP contribution in [0.3, 0.4) is 0 Å². The molecule has 24 heavy (non-hydrogen) atoms. The molecule has 3 rings (SSSR count). The normalized spacial score (nSPS) is 16.5. The first-order valence-corrected chi connectivity index (χ1v) is 8.08. The van der Waals surface area contributed by atoms with E-state index in [1.54, 1.807) is 18.3 Å². The highest BCUT2D eigenvalue weighted by molar-refractivity contribution is 8.00. The first kappa shape index (κ1) is 16.4. The van der Waals surface area contributed by atoms with Gasteiger partial charge in [0, 0.05) is 0 Å². The number of hydrogen-bond acceptors (Lipinski definition) is 6. The molecule has 1 unspecified atom stereocenters. The lowest BCUT2D eigenvalue weighted by Gasteiger charge is -2.11. The summed E-state index contributed by atoms with van der Waals surface area (Å²) in [5.41, 5.74) is 0.953. The molecule has 1 aliphatic heterocycles. The summed E-state index contributed by atoms with van der Waals surface area (Å²) in [6, 6.07) is 5.81. The van der Waals surface area contributed by atoms with Gasteiger partial charge in [0.05, 0.1) is 29.9 Å².